The van der Waals surface area contributed by atoms with Gasteiger partial charge in [-0.3, -0.25) is 0 Å². The molecule has 0 heterocycles. The van der Waals surface area contributed by atoms with Crippen LogP contribution in [0.4, 0.5) is 0 Å². The zero-order valence-corrected chi connectivity index (χ0v) is 18.2. The summed E-state index contributed by atoms with van der Waals surface area (Å²) in [6.07, 6.45) is 14.0. The van der Waals surface area contributed by atoms with Gasteiger partial charge in [0.15, 0.2) is 0 Å². The summed E-state index contributed by atoms with van der Waals surface area (Å²) in [5.41, 5.74) is 2.88. The van der Waals surface area contributed by atoms with Crippen LogP contribution in [-0.4, -0.2) is 11.2 Å². The van der Waals surface area contributed by atoms with Crippen LogP contribution < -0.4 is 0 Å². The van der Waals surface area contributed by atoms with E-state index >= 15 is 0 Å². The number of hydrogen-bond acceptors (Lipinski definition) is 1. The lowest BCUT2D eigenvalue weighted by molar-refractivity contribution is -0.119. The summed E-state index contributed by atoms with van der Waals surface area (Å²) < 4.78 is 0. The van der Waals surface area contributed by atoms with Crippen LogP contribution >= 0.6 is 11.6 Å². The second-order valence-corrected chi connectivity index (χ2v) is 11.2. The molecule has 0 aliphatic heterocycles. The van der Waals surface area contributed by atoms with Crippen molar-refractivity contribution in [1.82, 2.24) is 0 Å². The number of rotatable bonds is 1. The molecule has 0 saturated heterocycles. The van der Waals surface area contributed by atoms with Crippen LogP contribution in [-0.2, 0) is 0 Å². The molecular weight excluding hydrogens is 364 g/mol. The van der Waals surface area contributed by atoms with E-state index in [4.69, 9.17) is 11.6 Å². The highest BCUT2D eigenvalue weighted by atomic mass is 35.5. The first kappa shape index (κ1) is 19.2. The largest absolute Gasteiger partial charge is 0.388 e. The summed E-state index contributed by atoms with van der Waals surface area (Å²) >= 11 is 6.42. The molecule has 0 radical (unpaired) electrons. The van der Waals surface area contributed by atoms with Crippen LogP contribution in [0.3, 0.4) is 0 Å². The Bertz CT molecular complexity index is 784. The van der Waals surface area contributed by atoms with Crippen LogP contribution in [0.1, 0.15) is 77.2 Å². The Kier molecular flexibility index (Phi) is 4.71. The number of halogens is 1. The Hall–Kier alpha value is -0.790. The van der Waals surface area contributed by atoms with Crippen LogP contribution in [0.5, 0.6) is 0 Å². The van der Waals surface area contributed by atoms with Crippen molar-refractivity contribution >= 4 is 17.7 Å². The third kappa shape index (κ3) is 2.76. The monoisotopic (exact) mass is 398 g/mol. The second-order valence-electron chi connectivity index (χ2n) is 10.8. The maximum absolute atomic E-state index is 11.4. The summed E-state index contributed by atoms with van der Waals surface area (Å²) in [7, 11) is 0. The van der Waals surface area contributed by atoms with Crippen molar-refractivity contribution in [2.75, 3.05) is 0 Å². The molecule has 5 rings (SSSR count). The minimum Gasteiger partial charge on any atom is -0.388 e. The smallest absolute Gasteiger partial charge is 0.0809 e. The van der Waals surface area contributed by atoms with Crippen molar-refractivity contribution in [3.05, 3.63) is 40.4 Å². The van der Waals surface area contributed by atoms with Gasteiger partial charge in [-0.05, 0) is 91.2 Å². The summed E-state index contributed by atoms with van der Waals surface area (Å²) in [6, 6.07) is 8.04. The molecule has 4 aliphatic rings. The van der Waals surface area contributed by atoms with Gasteiger partial charge in [-0.1, -0.05) is 62.6 Å². The number of fused-ring (bicyclic) bond motifs is 5. The maximum Gasteiger partial charge on any atom is 0.0809 e. The maximum atomic E-state index is 11.4. The molecule has 4 saturated carbocycles. The Morgan fingerprint density at radius 3 is 2.61 bits per heavy atom. The SMILES string of the molecule is C[C@]12CCC3C(CC[C@H]4CCCC[C@]34C)C1C/C(=C\c1ccccc1Cl)C2O. The average Bonchev–Trinajstić information content (AvgIpc) is 2.94. The molecule has 0 aromatic heterocycles. The molecule has 1 aromatic carbocycles. The summed E-state index contributed by atoms with van der Waals surface area (Å²) in [5.74, 6) is 3.26. The molecule has 2 heteroatoms. The molecule has 4 fully saturated rings. The second kappa shape index (κ2) is 6.88. The summed E-state index contributed by atoms with van der Waals surface area (Å²) in [5, 5.41) is 12.2. The van der Waals surface area contributed by atoms with Gasteiger partial charge in [-0.15, -0.1) is 0 Å². The van der Waals surface area contributed by atoms with Crippen LogP contribution in [0.15, 0.2) is 29.8 Å². The van der Waals surface area contributed by atoms with Gasteiger partial charge in [0.2, 0.25) is 0 Å². The first-order valence-corrected chi connectivity index (χ1v) is 11.9. The van der Waals surface area contributed by atoms with Gasteiger partial charge in [0.1, 0.15) is 0 Å². The summed E-state index contributed by atoms with van der Waals surface area (Å²) in [4.78, 5) is 0. The molecule has 4 aliphatic carbocycles. The van der Waals surface area contributed by atoms with Gasteiger partial charge in [0.05, 0.1) is 6.10 Å². The topological polar surface area (TPSA) is 20.2 Å². The number of benzene rings is 1. The minimum atomic E-state index is -0.313. The predicted molar refractivity (Wildman–Crippen MR) is 117 cm³/mol. The van der Waals surface area contributed by atoms with Gasteiger partial charge in [-0.2, -0.15) is 0 Å². The molecule has 152 valence electrons. The van der Waals surface area contributed by atoms with Crippen molar-refractivity contribution < 1.29 is 5.11 Å². The van der Waals surface area contributed by atoms with Crippen LogP contribution in [0, 0.1) is 34.5 Å². The highest BCUT2D eigenvalue weighted by Crippen LogP contribution is 2.67. The normalized spacial score (nSPS) is 46.7. The van der Waals surface area contributed by atoms with Crippen LogP contribution in [0.2, 0.25) is 5.02 Å². The zero-order chi connectivity index (χ0) is 19.5. The Morgan fingerprint density at radius 1 is 0.964 bits per heavy atom. The molecule has 0 amide bonds. The third-order valence-corrected chi connectivity index (χ3v) is 10.0. The Balaban J connectivity index is 1.47. The van der Waals surface area contributed by atoms with Crippen LogP contribution in [0.25, 0.3) is 6.08 Å². The number of aliphatic hydroxyl groups is 1. The quantitative estimate of drug-likeness (QED) is 0.533. The molecular formula is C26H35ClO. The van der Waals surface area contributed by atoms with Gasteiger partial charge in [0.25, 0.3) is 0 Å². The van der Waals surface area contributed by atoms with Crippen molar-refractivity contribution in [1.29, 1.82) is 0 Å². The Labute approximate surface area is 175 Å². The average molecular weight is 399 g/mol. The molecule has 7 atom stereocenters. The first-order chi connectivity index (χ1) is 13.4. The predicted octanol–water partition coefficient (Wildman–Crippen LogP) is 7.13. The zero-order valence-electron chi connectivity index (χ0n) is 17.5. The molecule has 1 nitrogen and oxygen atoms in total. The molecule has 28 heavy (non-hydrogen) atoms. The lowest BCUT2D eigenvalue weighted by Crippen LogP contribution is -2.53. The molecule has 0 spiro atoms. The highest BCUT2D eigenvalue weighted by Gasteiger charge is 2.60. The van der Waals surface area contributed by atoms with Crippen molar-refractivity contribution in [2.45, 2.75) is 77.7 Å². The van der Waals surface area contributed by atoms with Gasteiger partial charge in [-0.25, -0.2) is 0 Å². The minimum absolute atomic E-state index is 0.0477. The van der Waals surface area contributed by atoms with Gasteiger partial charge < -0.3 is 5.11 Å². The van der Waals surface area contributed by atoms with E-state index in [-0.39, 0.29) is 11.5 Å². The molecule has 1 aromatic rings. The van der Waals surface area contributed by atoms with Gasteiger partial charge >= 0.3 is 0 Å². The molecule has 4 unspecified atom stereocenters. The number of aliphatic hydroxyl groups excluding tert-OH is 1. The summed E-state index contributed by atoms with van der Waals surface area (Å²) in [6.45, 7) is 5.00. The fourth-order valence-corrected chi connectivity index (χ4v) is 8.28. The molecule has 1 N–H and O–H groups in total. The van der Waals surface area contributed by atoms with E-state index in [2.05, 4.69) is 26.0 Å². The van der Waals surface area contributed by atoms with E-state index < -0.39 is 0 Å². The van der Waals surface area contributed by atoms with Crippen molar-refractivity contribution in [3.63, 3.8) is 0 Å². The standard InChI is InChI=1S/C26H35ClO/c1-25-13-6-5-8-19(25)10-11-20-21(25)12-14-26(2)22(20)16-18(24(26)28)15-17-7-3-4-9-23(17)27/h3-4,7,9,15,19-22,24,28H,5-6,8,10-14,16H2,1-2H3/b18-15+/t19-,20?,21?,22?,24?,25+,26+/m1/s1. The lowest BCUT2D eigenvalue weighted by Gasteiger charge is -2.60. The van der Waals surface area contributed by atoms with E-state index in [9.17, 15) is 5.11 Å². The highest BCUT2D eigenvalue weighted by molar-refractivity contribution is 6.32. The van der Waals surface area contributed by atoms with E-state index in [0.29, 0.717) is 11.3 Å². The molecule has 0 bridgehead atoms. The fourth-order valence-electron chi connectivity index (χ4n) is 8.09. The van der Waals surface area contributed by atoms with E-state index in [0.717, 1.165) is 34.8 Å². The van der Waals surface area contributed by atoms with Crippen molar-refractivity contribution in [2.24, 2.45) is 34.5 Å². The lowest BCUT2D eigenvalue weighted by atomic mass is 9.45. The van der Waals surface area contributed by atoms with Crippen molar-refractivity contribution in [3.8, 4) is 0 Å². The number of hydrogen-bond donors (Lipinski definition) is 1. The third-order valence-electron chi connectivity index (χ3n) is 9.70. The first-order valence-electron chi connectivity index (χ1n) is 11.6. The Morgan fingerprint density at radius 2 is 1.79 bits per heavy atom. The van der Waals surface area contributed by atoms with Gasteiger partial charge in [0, 0.05) is 10.4 Å². The van der Waals surface area contributed by atoms with E-state index in [1.165, 1.54) is 56.9 Å². The fraction of sp³-hybridized carbons (Fsp3) is 0.692. The van der Waals surface area contributed by atoms with E-state index in [1.54, 1.807) is 0 Å². The van der Waals surface area contributed by atoms with E-state index in [1.807, 2.05) is 18.2 Å².